The highest BCUT2D eigenvalue weighted by atomic mass is 32.2. The molecule has 49 heavy (non-hydrogen) atoms. The molecule has 5 atom stereocenters. The van der Waals surface area contributed by atoms with Crippen LogP contribution in [0.4, 0.5) is 4.79 Å². The number of alkyl carbamates (subject to hydrolysis) is 1. The molecule has 13 nitrogen and oxygen atoms in total. The molecular weight excluding hydrogens is 650 g/mol. The highest BCUT2D eigenvalue weighted by Gasteiger charge is 2.36. The number of nitrogens with zero attached hydrogens (tertiary/aromatic N) is 1. The van der Waals surface area contributed by atoms with Crippen molar-refractivity contribution < 1.29 is 37.4 Å². The van der Waals surface area contributed by atoms with E-state index in [9.17, 15) is 27.9 Å². The van der Waals surface area contributed by atoms with Crippen molar-refractivity contribution in [2.24, 2.45) is 5.92 Å². The number of carbonyl (C=O) groups excluding carboxylic acids is 3. The molecule has 5 N–H and O–H groups in total. The topological polar surface area (TPSA) is 189 Å². The van der Waals surface area contributed by atoms with E-state index in [1.54, 1.807) is 41.5 Å². The summed E-state index contributed by atoms with van der Waals surface area (Å²) < 4.78 is 37.0. The van der Waals surface area contributed by atoms with Crippen LogP contribution >= 0.6 is 0 Å². The SMILES string of the molecule is CC(C)S(=O)(=O)C[C@H](O)[C@H](CC1CCCCC1)NC(=O)[C@H](Cc1cnc[nH]1)NC(=O)[C@@H](NC(=O)OC(C)(C)C)[C@@H](C)OCc1ccccc1. The first-order chi connectivity index (χ1) is 23.0. The van der Waals surface area contributed by atoms with Gasteiger partial charge < -0.3 is 35.5 Å². The van der Waals surface area contributed by atoms with Gasteiger partial charge in [-0.3, -0.25) is 9.59 Å². The average Bonchev–Trinajstić information content (AvgIpc) is 3.55. The molecule has 1 aromatic carbocycles. The predicted octanol–water partition coefficient (Wildman–Crippen LogP) is 3.57. The first kappa shape index (κ1) is 39.9. The molecule has 1 saturated carbocycles. The van der Waals surface area contributed by atoms with Crippen molar-refractivity contribution in [2.75, 3.05) is 5.75 Å². The van der Waals surface area contributed by atoms with E-state index in [2.05, 4.69) is 25.9 Å². The van der Waals surface area contributed by atoms with Crippen molar-refractivity contribution in [1.82, 2.24) is 25.9 Å². The Morgan fingerprint density at radius 1 is 1.00 bits per heavy atom. The summed E-state index contributed by atoms with van der Waals surface area (Å²) in [6, 6.07) is 6.05. The maximum absolute atomic E-state index is 14.0. The summed E-state index contributed by atoms with van der Waals surface area (Å²) in [5.41, 5.74) is 0.584. The number of hydrogen-bond acceptors (Lipinski definition) is 9. The van der Waals surface area contributed by atoms with Crippen LogP contribution in [0.2, 0.25) is 0 Å². The molecule has 3 rings (SSSR count). The fourth-order valence-electron chi connectivity index (χ4n) is 5.74. The van der Waals surface area contributed by atoms with Crippen LogP contribution in [0.5, 0.6) is 0 Å². The maximum atomic E-state index is 14.0. The monoisotopic (exact) mass is 705 g/mol. The molecule has 1 fully saturated rings. The summed E-state index contributed by atoms with van der Waals surface area (Å²) in [5.74, 6) is -1.60. The molecule has 274 valence electrons. The van der Waals surface area contributed by atoms with Gasteiger partial charge in [-0.1, -0.05) is 62.4 Å². The van der Waals surface area contributed by atoms with Crippen LogP contribution in [0.3, 0.4) is 0 Å². The molecule has 0 bridgehead atoms. The minimum atomic E-state index is -3.62. The van der Waals surface area contributed by atoms with Gasteiger partial charge in [-0.25, -0.2) is 18.2 Å². The van der Waals surface area contributed by atoms with Gasteiger partial charge in [-0.15, -0.1) is 0 Å². The molecule has 0 spiro atoms. The highest BCUT2D eigenvalue weighted by Crippen LogP contribution is 2.28. The second kappa shape index (κ2) is 18.5. The Bertz CT molecular complexity index is 1420. The van der Waals surface area contributed by atoms with E-state index in [1.807, 2.05) is 30.3 Å². The Kier molecular flexibility index (Phi) is 15.1. The lowest BCUT2D eigenvalue weighted by Crippen LogP contribution is -2.60. The molecule has 0 radical (unpaired) electrons. The number of H-pyrrole nitrogens is 1. The van der Waals surface area contributed by atoms with Crippen molar-refractivity contribution in [2.45, 2.75) is 134 Å². The first-order valence-corrected chi connectivity index (χ1v) is 18.9. The van der Waals surface area contributed by atoms with E-state index in [4.69, 9.17) is 9.47 Å². The number of imidazole rings is 1. The van der Waals surface area contributed by atoms with E-state index >= 15 is 0 Å². The van der Waals surface area contributed by atoms with Gasteiger partial charge >= 0.3 is 6.09 Å². The Balaban J connectivity index is 1.85. The Morgan fingerprint density at radius 3 is 2.27 bits per heavy atom. The van der Waals surface area contributed by atoms with Gasteiger partial charge in [-0.2, -0.15) is 0 Å². The predicted molar refractivity (Wildman–Crippen MR) is 186 cm³/mol. The third-order valence-corrected chi connectivity index (χ3v) is 10.9. The summed E-state index contributed by atoms with van der Waals surface area (Å²) in [7, 11) is -3.62. The Hall–Kier alpha value is -3.49. The van der Waals surface area contributed by atoms with E-state index in [-0.39, 0.29) is 18.9 Å². The smallest absolute Gasteiger partial charge is 0.408 e. The van der Waals surface area contributed by atoms with Crippen molar-refractivity contribution in [1.29, 1.82) is 0 Å². The molecule has 2 aromatic rings. The van der Waals surface area contributed by atoms with Gasteiger partial charge in [0, 0.05) is 18.3 Å². The number of rotatable bonds is 17. The Labute approximate surface area is 290 Å². The van der Waals surface area contributed by atoms with Crippen LogP contribution < -0.4 is 16.0 Å². The molecule has 0 unspecified atom stereocenters. The number of amides is 3. The zero-order valence-corrected chi connectivity index (χ0v) is 30.4. The lowest BCUT2D eigenvalue weighted by molar-refractivity contribution is -0.133. The zero-order valence-electron chi connectivity index (χ0n) is 29.6. The average molecular weight is 706 g/mol. The number of hydrogen-bond donors (Lipinski definition) is 5. The van der Waals surface area contributed by atoms with Crippen molar-refractivity contribution in [3.63, 3.8) is 0 Å². The summed E-state index contributed by atoms with van der Waals surface area (Å²) in [4.78, 5) is 47.8. The molecule has 1 heterocycles. The normalized spacial score (nSPS) is 17.4. The molecular formula is C35H55N5O8S. The van der Waals surface area contributed by atoms with Crippen LogP contribution in [0.1, 0.15) is 91.3 Å². The summed E-state index contributed by atoms with van der Waals surface area (Å²) in [5, 5.41) is 18.8. The van der Waals surface area contributed by atoms with Crippen molar-refractivity contribution in [3.05, 3.63) is 54.1 Å². The van der Waals surface area contributed by atoms with Gasteiger partial charge in [-0.05, 0) is 59.4 Å². The number of aliphatic hydroxyl groups excluding tert-OH is 1. The van der Waals surface area contributed by atoms with Gasteiger partial charge in [0.2, 0.25) is 11.8 Å². The first-order valence-electron chi connectivity index (χ1n) is 17.2. The number of carbonyl (C=O) groups is 3. The highest BCUT2D eigenvalue weighted by molar-refractivity contribution is 7.92. The molecule has 0 aliphatic heterocycles. The van der Waals surface area contributed by atoms with Gasteiger partial charge in [0.1, 0.15) is 17.7 Å². The second-order valence-electron chi connectivity index (χ2n) is 14.3. The summed E-state index contributed by atoms with van der Waals surface area (Å²) >= 11 is 0. The number of aromatic nitrogens is 2. The van der Waals surface area contributed by atoms with Gasteiger partial charge in [0.25, 0.3) is 0 Å². The molecule has 14 heteroatoms. The van der Waals surface area contributed by atoms with Crippen molar-refractivity contribution in [3.8, 4) is 0 Å². The molecule has 3 amide bonds. The van der Waals surface area contributed by atoms with Gasteiger partial charge in [0.15, 0.2) is 9.84 Å². The van der Waals surface area contributed by atoms with Crippen LogP contribution in [-0.4, -0.2) is 88.3 Å². The summed E-state index contributed by atoms with van der Waals surface area (Å²) in [6.07, 6.45) is 5.36. The third kappa shape index (κ3) is 13.7. The maximum Gasteiger partial charge on any atom is 0.408 e. The van der Waals surface area contributed by atoms with Crippen LogP contribution in [-0.2, 0) is 41.9 Å². The number of sulfone groups is 1. The molecule has 1 aromatic heterocycles. The number of aliphatic hydroxyl groups is 1. The summed E-state index contributed by atoms with van der Waals surface area (Å²) in [6.45, 7) is 10.0. The number of benzene rings is 1. The third-order valence-electron chi connectivity index (χ3n) is 8.62. The van der Waals surface area contributed by atoms with E-state index < -0.39 is 74.7 Å². The number of aromatic amines is 1. The fraction of sp³-hybridized carbons (Fsp3) is 0.657. The standard InChI is InChI=1S/C35H55N5O8S/c1-23(2)49(45,46)21-30(41)28(17-25-13-9-7-10-14-25)38-32(42)29(18-27-19-36-22-37-27)39-33(43)31(40-34(44)48-35(4,5)6)24(3)47-20-26-15-11-8-12-16-26/h8,11-12,15-16,19,22-25,28-31,41H,7,9-10,13-14,17-18,20-21H2,1-6H3,(H,36,37)(H,38,42)(H,39,43)(H,40,44)/t24-,28+,29+,30+,31+/m1/s1. The van der Waals surface area contributed by atoms with E-state index in [1.165, 1.54) is 12.5 Å². The number of ether oxygens (including phenoxy) is 2. The van der Waals surface area contributed by atoms with Crippen LogP contribution in [0, 0.1) is 5.92 Å². The van der Waals surface area contributed by atoms with Gasteiger partial charge in [0.05, 0.1) is 42.2 Å². The fourth-order valence-corrected chi connectivity index (χ4v) is 6.83. The van der Waals surface area contributed by atoms with Crippen molar-refractivity contribution >= 4 is 27.7 Å². The van der Waals surface area contributed by atoms with E-state index in [0.29, 0.717) is 12.1 Å². The van der Waals surface area contributed by atoms with E-state index in [0.717, 1.165) is 37.7 Å². The lowest BCUT2D eigenvalue weighted by atomic mass is 9.83. The second-order valence-corrected chi connectivity index (χ2v) is 16.9. The largest absolute Gasteiger partial charge is 0.444 e. The zero-order chi connectivity index (χ0) is 36.2. The minimum absolute atomic E-state index is 0.00647. The van der Waals surface area contributed by atoms with Crippen LogP contribution in [0.15, 0.2) is 42.9 Å². The molecule has 1 aliphatic carbocycles. The quantitative estimate of drug-likeness (QED) is 0.164. The molecule has 1 aliphatic rings. The number of nitrogens with one attached hydrogen (secondary N) is 4. The van der Waals surface area contributed by atoms with Crippen LogP contribution in [0.25, 0.3) is 0 Å². The minimum Gasteiger partial charge on any atom is -0.444 e. The molecule has 0 saturated heterocycles. The Morgan fingerprint density at radius 2 is 1.67 bits per heavy atom. The lowest BCUT2D eigenvalue weighted by Gasteiger charge is -2.32.